The zero-order valence-electron chi connectivity index (χ0n) is 11.1. The van der Waals surface area contributed by atoms with Crippen LogP contribution in [-0.2, 0) is 14.4 Å². The minimum atomic E-state index is -1.12. The van der Waals surface area contributed by atoms with Crippen molar-refractivity contribution in [3.63, 3.8) is 0 Å². The van der Waals surface area contributed by atoms with Gasteiger partial charge >= 0.3 is 5.97 Å². The Kier molecular flexibility index (Phi) is 5.37. The quantitative estimate of drug-likeness (QED) is 0.764. The Morgan fingerprint density at radius 1 is 1.42 bits per heavy atom. The Balaban J connectivity index is 2.65. The number of aliphatic carboxylic acids is 1. The maximum atomic E-state index is 12.0. The molecule has 1 fully saturated rings. The molecule has 6 nitrogen and oxygen atoms in total. The topological polar surface area (TPSA) is 94.9 Å². The number of aliphatic hydroxyl groups is 1. The minimum absolute atomic E-state index is 0.0457. The highest BCUT2D eigenvalue weighted by Crippen LogP contribution is 2.30. The molecule has 2 N–H and O–H groups in total. The third-order valence-electron chi connectivity index (χ3n) is 3.30. The second-order valence-electron chi connectivity index (χ2n) is 4.75. The van der Waals surface area contributed by atoms with Crippen molar-refractivity contribution < 1.29 is 24.6 Å². The van der Waals surface area contributed by atoms with Crippen molar-refractivity contribution >= 4 is 28.8 Å². The van der Waals surface area contributed by atoms with E-state index < -0.39 is 17.6 Å². The molecule has 1 rings (SSSR count). The maximum absolute atomic E-state index is 12.0. The first-order valence-corrected chi connectivity index (χ1v) is 7.15. The summed E-state index contributed by atoms with van der Waals surface area (Å²) >= 11 is 1.04. The normalized spacial score (nSPS) is 26.5. The van der Waals surface area contributed by atoms with Gasteiger partial charge in [0.2, 0.25) is 5.91 Å². The fraction of sp³-hybridized carbons (Fsp3) is 0.750. The monoisotopic (exact) mass is 289 g/mol. The van der Waals surface area contributed by atoms with Gasteiger partial charge < -0.3 is 15.1 Å². The summed E-state index contributed by atoms with van der Waals surface area (Å²) < 4.78 is 0. The number of β-amino-alcohol motifs (C(OH)–C–C–N with tert-alkyl or cyclic N) is 1. The van der Waals surface area contributed by atoms with Crippen LogP contribution in [0.2, 0.25) is 0 Å². The highest BCUT2D eigenvalue weighted by atomic mass is 32.2. The number of amides is 1. The van der Waals surface area contributed by atoms with Crippen LogP contribution in [0.4, 0.5) is 0 Å². The number of carboxylic acids is 1. The molecule has 1 saturated heterocycles. The van der Waals surface area contributed by atoms with Crippen LogP contribution in [0.3, 0.4) is 0 Å². The number of carboxylic acid groups (broad SMARTS) is 1. The summed E-state index contributed by atoms with van der Waals surface area (Å²) in [5.41, 5.74) is -1.12. The summed E-state index contributed by atoms with van der Waals surface area (Å²) in [5, 5.41) is 19.2. The molecule has 0 aromatic rings. The number of rotatable bonds is 5. The lowest BCUT2D eigenvalue weighted by atomic mass is 9.97. The fourth-order valence-electron chi connectivity index (χ4n) is 2.13. The molecule has 0 aromatic carbocycles. The van der Waals surface area contributed by atoms with Crippen molar-refractivity contribution in [2.24, 2.45) is 0 Å². The number of thioether (sulfide) groups is 1. The Bertz CT molecular complexity index is 386. The van der Waals surface area contributed by atoms with Gasteiger partial charge in [-0.3, -0.25) is 9.59 Å². The van der Waals surface area contributed by atoms with E-state index in [0.717, 1.165) is 11.8 Å². The average Bonchev–Trinajstić information content (AvgIpc) is 2.68. The molecule has 1 heterocycles. The van der Waals surface area contributed by atoms with Crippen molar-refractivity contribution in [1.29, 1.82) is 0 Å². The predicted molar refractivity (Wildman–Crippen MR) is 70.8 cm³/mol. The van der Waals surface area contributed by atoms with Crippen molar-refractivity contribution in [3.05, 3.63) is 0 Å². The number of carbonyl (C=O) groups is 3. The largest absolute Gasteiger partial charge is 0.480 e. The van der Waals surface area contributed by atoms with Crippen LogP contribution in [-0.4, -0.2) is 56.0 Å². The molecule has 19 heavy (non-hydrogen) atoms. The van der Waals surface area contributed by atoms with E-state index in [2.05, 4.69) is 0 Å². The number of likely N-dealkylation sites (tertiary alicyclic amines) is 1. The second-order valence-corrected chi connectivity index (χ2v) is 6.02. The van der Waals surface area contributed by atoms with Gasteiger partial charge in [-0.1, -0.05) is 18.7 Å². The zero-order valence-corrected chi connectivity index (χ0v) is 11.9. The number of carbonyl (C=O) groups excluding carboxylic acids is 2. The van der Waals surface area contributed by atoms with E-state index >= 15 is 0 Å². The molecule has 1 amide bonds. The van der Waals surface area contributed by atoms with E-state index in [1.54, 1.807) is 6.92 Å². The number of nitrogens with zero attached hydrogens (tertiary/aromatic N) is 1. The Morgan fingerprint density at radius 3 is 2.53 bits per heavy atom. The van der Waals surface area contributed by atoms with Gasteiger partial charge in [-0.2, -0.15) is 0 Å². The standard InChI is InChI=1S/C12H19NO5S/c1-3-12(18)6-9(11(16)17)13(7-12)10(15)4-5-19-8(2)14/h9,18H,3-7H2,1-2H3,(H,16,17)/t9-,12?/m0/s1. The van der Waals surface area contributed by atoms with E-state index in [1.165, 1.54) is 11.8 Å². The maximum Gasteiger partial charge on any atom is 0.326 e. The summed E-state index contributed by atoms with van der Waals surface area (Å²) in [6, 6.07) is -0.972. The van der Waals surface area contributed by atoms with Gasteiger partial charge in [0.1, 0.15) is 6.04 Å². The van der Waals surface area contributed by atoms with Crippen molar-refractivity contribution in [3.8, 4) is 0 Å². The van der Waals surface area contributed by atoms with E-state index in [4.69, 9.17) is 5.11 Å². The molecule has 7 heteroatoms. The Morgan fingerprint density at radius 2 is 2.05 bits per heavy atom. The van der Waals surface area contributed by atoms with Crippen LogP contribution in [0.15, 0.2) is 0 Å². The molecule has 1 aliphatic heterocycles. The lowest BCUT2D eigenvalue weighted by Crippen LogP contribution is -2.41. The Labute approximate surface area is 116 Å². The third-order valence-corrected chi connectivity index (χ3v) is 4.11. The third kappa shape index (κ3) is 4.21. The molecule has 0 radical (unpaired) electrons. The van der Waals surface area contributed by atoms with Crippen LogP contribution < -0.4 is 0 Å². The molecular formula is C12H19NO5S. The van der Waals surface area contributed by atoms with Crippen LogP contribution >= 0.6 is 11.8 Å². The average molecular weight is 289 g/mol. The molecule has 0 bridgehead atoms. The smallest absolute Gasteiger partial charge is 0.326 e. The van der Waals surface area contributed by atoms with Gasteiger partial charge in [0.25, 0.3) is 0 Å². The van der Waals surface area contributed by atoms with E-state index in [9.17, 15) is 19.5 Å². The van der Waals surface area contributed by atoms with Crippen LogP contribution in [0.25, 0.3) is 0 Å². The predicted octanol–water partition coefficient (Wildman–Crippen LogP) is 0.483. The van der Waals surface area contributed by atoms with Crippen molar-refractivity contribution in [1.82, 2.24) is 4.90 Å². The lowest BCUT2D eigenvalue weighted by molar-refractivity contribution is -0.148. The first kappa shape index (κ1) is 16.0. The fourth-order valence-corrected chi connectivity index (χ4v) is 2.69. The summed E-state index contributed by atoms with van der Waals surface area (Å²) in [6.07, 6.45) is 0.570. The molecule has 2 atom stereocenters. The van der Waals surface area contributed by atoms with Gasteiger partial charge in [0.05, 0.1) is 12.1 Å². The van der Waals surface area contributed by atoms with Crippen LogP contribution in [0, 0.1) is 0 Å². The summed E-state index contributed by atoms with van der Waals surface area (Å²) in [6.45, 7) is 3.23. The molecule has 1 aliphatic rings. The number of hydrogen-bond acceptors (Lipinski definition) is 5. The first-order valence-electron chi connectivity index (χ1n) is 6.17. The van der Waals surface area contributed by atoms with Gasteiger partial charge in [0.15, 0.2) is 5.12 Å². The summed E-state index contributed by atoms with van der Waals surface area (Å²) in [7, 11) is 0. The van der Waals surface area contributed by atoms with Gasteiger partial charge in [-0.15, -0.1) is 0 Å². The highest BCUT2D eigenvalue weighted by molar-refractivity contribution is 8.13. The van der Waals surface area contributed by atoms with Gasteiger partial charge in [-0.05, 0) is 6.42 Å². The lowest BCUT2D eigenvalue weighted by Gasteiger charge is -2.22. The summed E-state index contributed by atoms with van der Waals surface area (Å²) in [4.78, 5) is 35.1. The molecule has 1 unspecified atom stereocenters. The van der Waals surface area contributed by atoms with Crippen LogP contribution in [0.5, 0.6) is 0 Å². The highest BCUT2D eigenvalue weighted by Gasteiger charge is 2.46. The van der Waals surface area contributed by atoms with E-state index in [0.29, 0.717) is 12.2 Å². The zero-order chi connectivity index (χ0) is 14.6. The van der Waals surface area contributed by atoms with E-state index in [1.807, 2.05) is 0 Å². The molecule has 0 saturated carbocycles. The van der Waals surface area contributed by atoms with Crippen molar-refractivity contribution in [2.45, 2.75) is 44.8 Å². The van der Waals surface area contributed by atoms with Crippen LogP contribution in [0.1, 0.15) is 33.1 Å². The van der Waals surface area contributed by atoms with E-state index in [-0.39, 0.29) is 30.4 Å². The molecule has 0 aromatic heterocycles. The summed E-state index contributed by atoms with van der Waals surface area (Å²) in [5.74, 6) is -1.09. The number of hydrogen-bond donors (Lipinski definition) is 2. The first-order chi connectivity index (χ1) is 8.79. The molecule has 108 valence electrons. The van der Waals surface area contributed by atoms with Crippen molar-refractivity contribution in [2.75, 3.05) is 12.3 Å². The second kappa shape index (κ2) is 6.38. The minimum Gasteiger partial charge on any atom is -0.480 e. The molecular weight excluding hydrogens is 270 g/mol. The molecule has 0 spiro atoms. The van der Waals surface area contributed by atoms with Gasteiger partial charge in [0, 0.05) is 25.5 Å². The Hall–Kier alpha value is -1.08. The van der Waals surface area contributed by atoms with Gasteiger partial charge in [-0.25, -0.2) is 4.79 Å². The molecule has 0 aliphatic carbocycles. The SMILES string of the molecule is CCC1(O)C[C@@H](C(=O)O)N(C(=O)CCSC(C)=O)C1.